The highest BCUT2D eigenvalue weighted by Crippen LogP contribution is 2.27. The second-order valence-corrected chi connectivity index (χ2v) is 14.0. The molecule has 0 aromatic heterocycles. The van der Waals surface area contributed by atoms with E-state index in [1.54, 1.807) is 36.4 Å². The van der Waals surface area contributed by atoms with Crippen LogP contribution in [0.2, 0.25) is 0 Å². The van der Waals surface area contributed by atoms with Crippen molar-refractivity contribution in [3.05, 3.63) is 124 Å². The maximum absolute atomic E-state index is 14.5. The molecule has 4 aromatic rings. The minimum atomic E-state index is -4.20. The van der Waals surface area contributed by atoms with Crippen molar-refractivity contribution < 1.29 is 22.7 Å². The Hall–Kier alpha value is -4.15. The summed E-state index contributed by atoms with van der Waals surface area (Å²) in [5.74, 6) is -0.307. The normalized spacial score (nSPS) is 12.5. The van der Waals surface area contributed by atoms with Gasteiger partial charge in [0.05, 0.1) is 17.7 Å². The highest BCUT2D eigenvalue weighted by molar-refractivity contribution is 9.10. The van der Waals surface area contributed by atoms with Crippen LogP contribution in [-0.4, -0.2) is 50.9 Å². The Bertz CT molecular complexity index is 1700. The Kier molecular flexibility index (Phi) is 12.0. The van der Waals surface area contributed by atoms with Crippen molar-refractivity contribution in [3.63, 3.8) is 0 Å². The van der Waals surface area contributed by atoms with Gasteiger partial charge in [0.2, 0.25) is 11.8 Å². The predicted molar refractivity (Wildman–Crippen MR) is 185 cm³/mol. The fraction of sp³-hybridized carbons (Fsp3) is 0.278. The van der Waals surface area contributed by atoms with Crippen LogP contribution in [0.15, 0.2) is 112 Å². The monoisotopic (exact) mass is 705 g/mol. The van der Waals surface area contributed by atoms with E-state index in [1.165, 1.54) is 24.1 Å². The highest BCUT2D eigenvalue weighted by atomic mass is 79.9. The van der Waals surface area contributed by atoms with Crippen LogP contribution < -0.4 is 14.4 Å². The number of ether oxygens (including phenoxy) is 1. The third kappa shape index (κ3) is 8.98. The van der Waals surface area contributed by atoms with E-state index in [-0.39, 0.29) is 29.8 Å². The lowest BCUT2D eigenvalue weighted by Crippen LogP contribution is -2.54. The van der Waals surface area contributed by atoms with Gasteiger partial charge in [-0.3, -0.25) is 13.9 Å². The maximum atomic E-state index is 14.5. The molecule has 2 amide bonds. The molecule has 0 radical (unpaired) electrons. The molecule has 242 valence electrons. The molecular formula is C36H40BrN3O5S. The molecule has 0 unspecified atom stereocenters. The largest absolute Gasteiger partial charge is 0.497 e. The van der Waals surface area contributed by atoms with E-state index in [0.29, 0.717) is 17.9 Å². The lowest BCUT2D eigenvalue weighted by molar-refractivity contribution is -0.140. The minimum Gasteiger partial charge on any atom is -0.497 e. The van der Waals surface area contributed by atoms with E-state index in [2.05, 4.69) is 21.2 Å². The van der Waals surface area contributed by atoms with Gasteiger partial charge in [-0.1, -0.05) is 83.0 Å². The maximum Gasteiger partial charge on any atom is 0.264 e. The van der Waals surface area contributed by atoms with E-state index >= 15 is 0 Å². The number of sulfonamides is 1. The zero-order valence-electron chi connectivity index (χ0n) is 26.5. The topological polar surface area (TPSA) is 96.0 Å². The number of rotatable bonds is 14. The van der Waals surface area contributed by atoms with Crippen molar-refractivity contribution in [2.45, 2.75) is 57.1 Å². The van der Waals surface area contributed by atoms with Crippen molar-refractivity contribution in [1.29, 1.82) is 0 Å². The van der Waals surface area contributed by atoms with Crippen LogP contribution in [0, 0.1) is 6.92 Å². The number of carbonyl (C=O) groups excluding carboxylic acids is 2. The number of nitrogens with zero attached hydrogens (tertiary/aromatic N) is 2. The second-order valence-electron chi connectivity index (χ2n) is 11.2. The Morgan fingerprint density at radius 3 is 2.09 bits per heavy atom. The number of aryl methyl sites for hydroxylation is 1. The third-order valence-electron chi connectivity index (χ3n) is 7.79. The van der Waals surface area contributed by atoms with Gasteiger partial charge < -0.3 is 15.0 Å². The summed E-state index contributed by atoms with van der Waals surface area (Å²) in [5.41, 5.74) is 2.95. The Balaban J connectivity index is 1.80. The van der Waals surface area contributed by atoms with Gasteiger partial charge in [-0.15, -0.1) is 0 Å². The molecule has 4 aromatic carbocycles. The van der Waals surface area contributed by atoms with Crippen LogP contribution in [0.3, 0.4) is 0 Å². The van der Waals surface area contributed by atoms with Gasteiger partial charge in [0, 0.05) is 23.5 Å². The molecular weight excluding hydrogens is 666 g/mol. The summed E-state index contributed by atoms with van der Waals surface area (Å²) in [6.07, 6.45) is 0.965. The second kappa shape index (κ2) is 15.9. The summed E-state index contributed by atoms with van der Waals surface area (Å²) >= 11 is 3.46. The average Bonchev–Trinajstić information content (AvgIpc) is 3.06. The predicted octanol–water partition coefficient (Wildman–Crippen LogP) is 6.52. The van der Waals surface area contributed by atoms with Crippen LogP contribution in [0.4, 0.5) is 5.69 Å². The standard InChI is InChI=1S/C36H40BrN3O5S/c1-5-27(3)38-36(42)34(23-28-9-7-6-8-10-28)39(24-29-13-15-30(37)16-14-29)35(41)25-40(31-17-11-26(2)12-18-31)46(43,44)33-21-19-32(45-4)20-22-33/h6-22,27,34H,5,23-25H2,1-4H3,(H,38,42)/t27-,34-/m1/s1. The number of halogens is 1. The van der Waals surface area contributed by atoms with E-state index in [0.717, 1.165) is 25.5 Å². The zero-order valence-corrected chi connectivity index (χ0v) is 28.9. The van der Waals surface area contributed by atoms with Gasteiger partial charge in [0.15, 0.2) is 0 Å². The number of hydrogen-bond acceptors (Lipinski definition) is 5. The minimum absolute atomic E-state index is 0.0106. The molecule has 0 aliphatic rings. The fourth-order valence-corrected chi connectivity index (χ4v) is 6.57. The van der Waals surface area contributed by atoms with E-state index in [9.17, 15) is 18.0 Å². The Morgan fingerprint density at radius 2 is 1.50 bits per heavy atom. The third-order valence-corrected chi connectivity index (χ3v) is 10.1. The van der Waals surface area contributed by atoms with E-state index in [4.69, 9.17) is 4.74 Å². The first kappa shape index (κ1) is 34.7. The molecule has 0 spiro atoms. The molecule has 2 atom stereocenters. The summed E-state index contributed by atoms with van der Waals surface area (Å²) < 4.78 is 35.6. The van der Waals surface area contributed by atoms with Gasteiger partial charge in [-0.2, -0.15) is 0 Å². The molecule has 0 heterocycles. The van der Waals surface area contributed by atoms with Gasteiger partial charge in [0.25, 0.3) is 10.0 Å². The molecule has 4 rings (SSSR count). The zero-order chi connectivity index (χ0) is 33.3. The van der Waals surface area contributed by atoms with Crippen molar-refractivity contribution in [1.82, 2.24) is 10.2 Å². The van der Waals surface area contributed by atoms with Crippen molar-refractivity contribution in [2.24, 2.45) is 0 Å². The van der Waals surface area contributed by atoms with Crippen LogP contribution in [0.25, 0.3) is 0 Å². The molecule has 8 nitrogen and oxygen atoms in total. The number of anilines is 1. The van der Waals surface area contributed by atoms with Crippen molar-refractivity contribution in [2.75, 3.05) is 18.0 Å². The smallest absolute Gasteiger partial charge is 0.264 e. The van der Waals surface area contributed by atoms with Crippen molar-refractivity contribution >= 4 is 43.5 Å². The molecule has 0 bridgehead atoms. The summed E-state index contributed by atoms with van der Waals surface area (Å²) in [7, 11) is -2.70. The summed E-state index contributed by atoms with van der Waals surface area (Å²) in [5, 5.41) is 3.05. The van der Waals surface area contributed by atoms with E-state index < -0.39 is 28.5 Å². The molecule has 0 saturated heterocycles. The molecule has 0 aliphatic carbocycles. The molecule has 0 saturated carbocycles. The number of hydrogen-bond donors (Lipinski definition) is 1. The van der Waals surface area contributed by atoms with Crippen LogP contribution in [-0.2, 0) is 32.6 Å². The highest BCUT2D eigenvalue weighted by Gasteiger charge is 2.35. The molecule has 46 heavy (non-hydrogen) atoms. The Labute approximate surface area is 280 Å². The van der Waals surface area contributed by atoms with Crippen molar-refractivity contribution in [3.8, 4) is 5.75 Å². The van der Waals surface area contributed by atoms with Gasteiger partial charge in [-0.05, 0) is 79.9 Å². The quantitative estimate of drug-likeness (QED) is 0.161. The number of amides is 2. The summed E-state index contributed by atoms with van der Waals surface area (Å²) in [6, 6.07) is 29.0. The molecule has 0 aliphatic heterocycles. The number of benzene rings is 4. The molecule has 1 N–H and O–H groups in total. The van der Waals surface area contributed by atoms with Gasteiger partial charge in [0.1, 0.15) is 18.3 Å². The number of carbonyl (C=O) groups is 2. The number of nitrogens with one attached hydrogen (secondary N) is 1. The first-order valence-corrected chi connectivity index (χ1v) is 17.4. The van der Waals surface area contributed by atoms with Gasteiger partial charge >= 0.3 is 0 Å². The van der Waals surface area contributed by atoms with Crippen LogP contribution in [0.1, 0.15) is 37.0 Å². The molecule has 0 fully saturated rings. The summed E-state index contributed by atoms with van der Waals surface area (Å²) in [6.45, 7) is 5.38. The Morgan fingerprint density at radius 1 is 0.870 bits per heavy atom. The molecule has 10 heteroatoms. The lowest BCUT2D eigenvalue weighted by atomic mass is 10.0. The lowest BCUT2D eigenvalue weighted by Gasteiger charge is -2.34. The van der Waals surface area contributed by atoms with Gasteiger partial charge in [-0.25, -0.2) is 8.42 Å². The SMILES string of the molecule is CC[C@@H](C)NC(=O)[C@@H](Cc1ccccc1)N(Cc1ccc(Br)cc1)C(=O)CN(c1ccc(C)cc1)S(=O)(=O)c1ccc(OC)cc1. The van der Waals surface area contributed by atoms with E-state index in [1.807, 2.05) is 75.4 Å². The average molecular weight is 707 g/mol. The summed E-state index contributed by atoms with van der Waals surface area (Å²) in [4.78, 5) is 30.0. The van der Waals surface area contributed by atoms with Crippen LogP contribution in [0.5, 0.6) is 5.75 Å². The van der Waals surface area contributed by atoms with Crippen LogP contribution >= 0.6 is 15.9 Å². The number of methoxy groups -OCH3 is 1. The first-order chi connectivity index (χ1) is 22.0. The fourth-order valence-electron chi connectivity index (χ4n) is 4.90. The first-order valence-electron chi connectivity index (χ1n) is 15.1.